The molecular weight excluding hydrogens is 274 g/mol. The largest absolute Gasteiger partial charge is 0.399 e. The Bertz CT molecular complexity index is 542. The maximum atomic E-state index is 11.6. The van der Waals surface area contributed by atoms with Gasteiger partial charge in [0.2, 0.25) is 10.0 Å². The Labute approximate surface area is 121 Å². The van der Waals surface area contributed by atoms with Crippen LogP contribution in [0.2, 0.25) is 0 Å². The third-order valence-corrected chi connectivity index (χ3v) is 5.09. The van der Waals surface area contributed by atoms with Crippen LogP contribution in [0.1, 0.15) is 12.8 Å². The van der Waals surface area contributed by atoms with Gasteiger partial charge in [0.25, 0.3) is 0 Å². The lowest BCUT2D eigenvalue weighted by Crippen LogP contribution is -2.42. The van der Waals surface area contributed by atoms with Crippen LogP contribution >= 0.6 is 0 Å². The molecule has 1 atom stereocenters. The zero-order valence-electron chi connectivity index (χ0n) is 12.1. The van der Waals surface area contributed by atoms with Gasteiger partial charge in [0.15, 0.2) is 0 Å². The van der Waals surface area contributed by atoms with Crippen molar-refractivity contribution >= 4 is 21.4 Å². The number of hydrogen-bond donors (Lipinski definition) is 1. The van der Waals surface area contributed by atoms with Gasteiger partial charge in [0, 0.05) is 38.1 Å². The summed E-state index contributed by atoms with van der Waals surface area (Å²) in [6.07, 6.45) is 3.30. The number of rotatable bonds is 4. The first-order valence-corrected chi connectivity index (χ1v) is 8.73. The molecule has 1 aliphatic heterocycles. The van der Waals surface area contributed by atoms with E-state index in [9.17, 15) is 8.42 Å². The van der Waals surface area contributed by atoms with E-state index in [1.807, 2.05) is 31.3 Å². The van der Waals surface area contributed by atoms with Crippen molar-refractivity contribution in [3.8, 4) is 0 Å². The van der Waals surface area contributed by atoms with Gasteiger partial charge in [-0.3, -0.25) is 0 Å². The van der Waals surface area contributed by atoms with E-state index in [4.69, 9.17) is 5.73 Å². The fraction of sp³-hybridized carbons (Fsp3) is 0.571. The topological polar surface area (TPSA) is 66.6 Å². The predicted molar refractivity (Wildman–Crippen MR) is 83.3 cm³/mol. The Morgan fingerprint density at radius 2 is 2.00 bits per heavy atom. The normalized spacial score (nSPS) is 20.8. The van der Waals surface area contributed by atoms with Crippen molar-refractivity contribution in [3.05, 3.63) is 24.3 Å². The van der Waals surface area contributed by atoms with Gasteiger partial charge < -0.3 is 10.6 Å². The quantitative estimate of drug-likeness (QED) is 0.853. The number of hydrogen-bond acceptors (Lipinski definition) is 4. The van der Waals surface area contributed by atoms with Gasteiger partial charge in [-0.05, 0) is 43.0 Å². The molecule has 0 radical (unpaired) electrons. The van der Waals surface area contributed by atoms with E-state index >= 15 is 0 Å². The summed E-state index contributed by atoms with van der Waals surface area (Å²) in [5.41, 5.74) is 7.55. The summed E-state index contributed by atoms with van der Waals surface area (Å²) in [5.74, 6) is 0.376. The van der Waals surface area contributed by atoms with E-state index in [2.05, 4.69) is 4.90 Å². The Kier molecular flexibility index (Phi) is 4.55. The first-order chi connectivity index (χ1) is 9.36. The lowest BCUT2D eigenvalue weighted by molar-refractivity contribution is 0.271. The second kappa shape index (κ2) is 6.01. The zero-order chi connectivity index (χ0) is 14.8. The molecule has 1 saturated heterocycles. The Balaban J connectivity index is 1.97. The van der Waals surface area contributed by atoms with Crippen LogP contribution in [0.5, 0.6) is 0 Å². The highest BCUT2D eigenvalue weighted by Crippen LogP contribution is 2.22. The summed E-state index contributed by atoms with van der Waals surface area (Å²) >= 11 is 0. The third-order valence-electron chi connectivity index (χ3n) is 3.82. The third kappa shape index (κ3) is 3.86. The number of nitrogen functional groups attached to an aromatic ring is 1. The molecule has 1 fully saturated rings. The highest BCUT2D eigenvalue weighted by atomic mass is 32.2. The summed E-state index contributed by atoms with van der Waals surface area (Å²) in [6, 6.07) is 7.75. The van der Waals surface area contributed by atoms with E-state index in [0.29, 0.717) is 19.0 Å². The first-order valence-electron chi connectivity index (χ1n) is 6.88. The van der Waals surface area contributed by atoms with Crippen LogP contribution in [0.25, 0.3) is 0 Å². The zero-order valence-corrected chi connectivity index (χ0v) is 12.9. The molecule has 112 valence electrons. The van der Waals surface area contributed by atoms with Crippen molar-refractivity contribution in [1.82, 2.24) is 4.31 Å². The Hall–Kier alpha value is -1.27. The van der Waals surface area contributed by atoms with Crippen LogP contribution < -0.4 is 10.6 Å². The van der Waals surface area contributed by atoms with Gasteiger partial charge in [-0.15, -0.1) is 0 Å². The second-order valence-electron chi connectivity index (χ2n) is 5.60. The molecule has 0 aromatic heterocycles. The smallest absolute Gasteiger partial charge is 0.211 e. The summed E-state index contributed by atoms with van der Waals surface area (Å²) in [5, 5.41) is 0. The van der Waals surface area contributed by atoms with Gasteiger partial charge in [-0.25, -0.2) is 12.7 Å². The van der Waals surface area contributed by atoms with E-state index in [1.54, 1.807) is 4.31 Å². The fourth-order valence-electron chi connectivity index (χ4n) is 2.70. The van der Waals surface area contributed by atoms with Crippen molar-refractivity contribution in [2.45, 2.75) is 12.8 Å². The number of anilines is 2. The van der Waals surface area contributed by atoms with E-state index < -0.39 is 10.0 Å². The molecule has 0 bridgehead atoms. The average Bonchev–Trinajstić information content (AvgIpc) is 2.38. The van der Waals surface area contributed by atoms with E-state index in [-0.39, 0.29) is 0 Å². The number of nitrogens with zero attached hydrogens (tertiary/aromatic N) is 2. The Morgan fingerprint density at radius 1 is 1.35 bits per heavy atom. The van der Waals surface area contributed by atoms with Crippen LogP contribution in [-0.2, 0) is 10.0 Å². The monoisotopic (exact) mass is 297 g/mol. The van der Waals surface area contributed by atoms with Crippen LogP contribution in [0, 0.1) is 5.92 Å². The lowest BCUT2D eigenvalue weighted by atomic mass is 9.99. The van der Waals surface area contributed by atoms with Gasteiger partial charge in [-0.2, -0.15) is 0 Å². The SMILES string of the molecule is CN(CC1CCCN(S(C)(=O)=O)C1)c1ccc(N)cc1. The number of sulfonamides is 1. The highest BCUT2D eigenvalue weighted by Gasteiger charge is 2.26. The molecule has 0 aliphatic carbocycles. The van der Waals surface area contributed by atoms with E-state index in [0.717, 1.165) is 30.8 Å². The van der Waals surface area contributed by atoms with Crippen molar-refractivity contribution in [2.75, 3.05) is 43.6 Å². The molecule has 6 heteroatoms. The van der Waals surface area contributed by atoms with E-state index in [1.165, 1.54) is 6.26 Å². The minimum Gasteiger partial charge on any atom is -0.399 e. The maximum absolute atomic E-state index is 11.6. The minimum absolute atomic E-state index is 0.376. The van der Waals surface area contributed by atoms with Crippen LogP contribution in [0.3, 0.4) is 0 Å². The molecule has 0 saturated carbocycles. The first kappa shape index (κ1) is 15.1. The number of piperidine rings is 1. The molecule has 20 heavy (non-hydrogen) atoms. The Morgan fingerprint density at radius 3 is 2.60 bits per heavy atom. The molecule has 1 heterocycles. The molecule has 2 rings (SSSR count). The predicted octanol–water partition coefficient (Wildman–Crippen LogP) is 1.38. The molecule has 1 unspecified atom stereocenters. The molecule has 0 spiro atoms. The summed E-state index contributed by atoms with van der Waals surface area (Å²) in [6.45, 7) is 2.13. The maximum Gasteiger partial charge on any atom is 0.211 e. The molecule has 1 aromatic rings. The lowest BCUT2D eigenvalue weighted by Gasteiger charge is -2.33. The number of benzene rings is 1. The highest BCUT2D eigenvalue weighted by molar-refractivity contribution is 7.88. The molecule has 5 nitrogen and oxygen atoms in total. The molecular formula is C14H23N3O2S. The second-order valence-corrected chi connectivity index (χ2v) is 7.58. The van der Waals surface area contributed by atoms with Crippen molar-refractivity contribution in [1.29, 1.82) is 0 Å². The summed E-state index contributed by atoms with van der Waals surface area (Å²) in [4.78, 5) is 2.16. The average molecular weight is 297 g/mol. The van der Waals surface area contributed by atoms with Gasteiger partial charge in [0.1, 0.15) is 0 Å². The summed E-state index contributed by atoms with van der Waals surface area (Å²) < 4.78 is 24.8. The van der Waals surface area contributed by atoms with Crippen LogP contribution in [-0.4, -0.2) is 45.7 Å². The standard InChI is InChI=1S/C14H23N3O2S/c1-16(14-7-5-13(15)6-8-14)10-12-4-3-9-17(11-12)20(2,18)19/h5-8,12H,3-4,9-11,15H2,1-2H3. The molecule has 1 aliphatic rings. The van der Waals surface area contributed by atoms with Crippen LogP contribution in [0.4, 0.5) is 11.4 Å². The van der Waals surface area contributed by atoms with Crippen molar-refractivity contribution in [3.63, 3.8) is 0 Å². The summed E-state index contributed by atoms with van der Waals surface area (Å²) in [7, 11) is -1.03. The fourth-order valence-corrected chi connectivity index (χ4v) is 3.64. The minimum atomic E-state index is -3.07. The van der Waals surface area contributed by atoms with Crippen molar-refractivity contribution in [2.24, 2.45) is 5.92 Å². The van der Waals surface area contributed by atoms with Crippen LogP contribution in [0.15, 0.2) is 24.3 Å². The number of nitrogens with two attached hydrogens (primary N) is 1. The van der Waals surface area contributed by atoms with Gasteiger partial charge >= 0.3 is 0 Å². The van der Waals surface area contributed by atoms with Gasteiger partial charge in [0.05, 0.1) is 6.26 Å². The molecule has 2 N–H and O–H groups in total. The van der Waals surface area contributed by atoms with Gasteiger partial charge in [-0.1, -0.05) is 0 Å². The van der Waals surface area contributed by atoms with Crippen molar-refractivity contribution < 1.29 is 8.42 Å². The molecule has 0 amide bonds. The molecule has 1 aromatic carbocycles.